The van der Waals surface area contributed by atoms with Crippen molar-refractivity contribution in [2.24, 2.45) is 0 Å². The predicted octanol–water partition coefficient (Wildman–Crippen LogP) is -1.58. The third-order valence-electron chi connectivity index (χ3n) is 0. The summed E-state index contributed by atoms with van der Waals surface area (Å²) in [5.74, 6) is 0. The van der Waals surface area contributed by atoms with Crippen LogP contribution in [-0.2, 0) is 45.1 Å². The van der Waals surface area contributed by atoms with Crippen molar-refractivity contribution in [3.8, 4) is 0 Å². The van der Waals surface area contributed by atoms with E-state index in [0.29, 0.717) is 0 Å². The molecule has 0 spiro atoms. The number of hydrogen-bond acceptors (Lipinski definition) is 1. The van der Waals surface area contributed by atoms with E-state index in [-0.39, 0.29) is 91.9 Å². The molecule has 0 saturated carbocycles. The molecule has 42 valence electrons. The summed E-state index contributed by atoms with van der Waals surface area (Å²) in [6.07, 6.45) is 0. The fourth-order valence-corrected chi connectivity index (χ4v) is 0. The monoisotopic (exact) mass is 300 g/mol. The van der Waals surface area contributed by atoms with E-state index < -0.39 is 7.82 Å². The molecule has 0 aromatic carbocycles. The van der Waals surface area contributed by atoms with E-state index in [2.05, 4.69) is 0 Å². The minimum atomic E-state index is -4.64. The number of hydrogen-bond donors (Lipinski definition) is 3. The molecule has 0 aliphatic rings. The fraction of sp³-hybridized carbons (Fsp3) is 0. The van der Waals surface area contributed by atoms with Gasteiger partial charge in [-0.05, 0) is 0 Å². The summed E-state index contributed by atoms with van der Waals surface area (Å²) < 4.78 is 8.88. The van der Waals surface area contributed by atoms with E-state index in [4.69, 9.17) is 19.2 Å². The maximum atomic E-state index is 8.88. The molecule has 8 heteroatoms. The Morgan fingerprint density at radius 1 is 1.12 bits per heavy atom. The van der Waals surface area contributed by atoms with Gasteiger partial charge in [0.1, 0.15) is 0 Å². The molecule has 0 unspecified atom stereocenters. The van der Waals surface area contributed by atoms with Crippen LogP contribution < -0.4 is 0 Å². The third-order valence-corrected chi connectivity index (χ3v) is 0. The molecule has 0 radical (unpaired) electrons. The van der Waals surface area contributed by atoms with Crippen molar-refractivity contribution in [2.45, 2.75) is 0 Å². The van der Waals surface area contributed by atoms with Gasteiger partial charge < -0.3 is 14.7 Å². The molecule has 4 nitrogen and oxygen atoms in total. The minimum absolute atomic E-state index is 0. The van der Waals surface area contributed by atoms with Gasteiger partial charge in [0.05, 0.1) is 0 Å². The first-order chi connectivity index (χ1) is 2.00. The molecule has 0 bridgehead atoms. The van der Waals surface area contributed by atoms with Crippen molar-refractivity contribution >= 4 is 59.2 Å². The van der Waals surface area contributed by atoms with Crippen LogP contribution in [0.4, 0.5) is 0 Å². The maximum absolute atomic E-state index is 8.88. The van der Waals surface area contributed by atoms with Crippen molar-refractivity contribution < 1.29 is 59.8 Å². The Balaban J connectivity index is -0.0000000267. The summed E-state index contributed by atoms with van der Waals surface area (Å²) >= 11 is 0. The van der Waals surface area contributed by atoms with E-state index in [0.717, 1.165) is 0 Å². The smallest absolute Gasteiger partial charge is 0 e. The van der Waals surface area contributed by atoms with Crippen molar-refractivity contribution in [2.75, 3.05) is 0 Å². The summed E-state index contributed by atoms with van der Waals surface area (Å²) in [6, 6.07) is 0. The fourth-order valence-electron chi connectivity index (χ4n) is 0. The summed E-state index contributed by atoms with van der Waals surface area (Å²) in [6.45, 7) is 0. The molecule has 0 amide bonds. The van der Waals surface area contributed by atoms with Crippen LogP contribution >= 0.6 is 7.82 Å². The molecule has 0 aromatic rings. The quantitative estimate of drug-likeness (QED) is 0.373. The maximum Gasteiger partial charge on any atom is 0 e. The van der Waals surface area contributed by atoms with Crippen LogP contribution in [-0.4, -0.2) is 66.1 Å². The van der Waals surface area contributed by atoms with Gasteiger partial charge in [-0.3, -0.25) is 0 Å². The topological polar surface area (TPSA) is 77.8 Å². The van der Waals surface area contributed by atoms with Crippen molar-refractivity contribution in [3.05, 3.63) is 0 Å². The molecule has 0 aliphatic carbocycles. The van der Waals surface area contributed by atoms with Crippen molar-refractivity contribution in [3.63, 3.8) is 0 Å². The van der Waals surface area contributed by atoms with E-state index in [1.807, 2.05) is 0 Å². The number of phosphoric acid groups is 1. The molecular formula is H4KMoO4PZn. The van der Waals surface area contributed by atoms with Crippen LogP contribution in [0.2, 0.25) is 0 Å². The first-order valence-corrected chi connectivity index (χ1v) is 2.35. The van der Waals surface area contributed by atoms with Crippen molar-refractivity contribution in [1.29, 1.82) is 0 Å². The summed E-state index contributed by atoms with van der Waals surface area (Å²) in [5, 5.41) is 0. The van der Waals surface area contributed by atoms with Gasteiger partial charge in [-0.25, -0.2) is 4.57 Å². The summed E-state index contributed by atoms with van der Waals surface area (Å²) in [5.41, 5.74) is 0. The van der Waals surface area contributed by atoms with Gasteiger partial charge in [-0.2, -0.15) is 0 Å². The van der Waals surface area contributed by atoms with Crippen LogP contribution in [0.15, 0.2) is 0 Å². The van der Waals surface area contributed by atoms with Gasteiger partial charge in [0.15, 0.2) is 0 Å². The molecule has 0 aliphatic heterocycles. The second-order valence-electron chi connectivity index (χ2n) is 0.513. The molecule has 0 rings (SSSR count). The number of rotatable bonds is 0. The Morgan fingerprint density at radius 3 is 1.12 bits per heavy atom. The van der Waals surface area contributed by atoms with E-state index in [1.165, 1.54) is 0 Å². The zero-order chi connectivity index (χ0) is 4.50. The van der Waals surface area contributed by atoms with Crippen molar-refractivity contribution in [1.82, 2.24) is 0 Å². The average Bonchev–Trinajstić information content (AvgIpc) is 0.722. The van der Waals surface area contributed by atoms with Crippen LogP contribution in [0, 0.1) is 0 Å². The zero-order valence-corrected chi connectivity index (χ0v) is 9.18. The van der Waals surface area contributed by atoms with Gasteiger partial charge in [-0.15, -0.1) is 0 Å². The third kappa shape index (κ3) is 62.9. The van der Waals surface area contributed by atoms with E-state index >= 15 is 0 Å². The standard InChI is InChI=1S/K.Mo.H3O4P.Zn.H/c;;1-5(2,3)4;;/h;;(H3,1,2,3,4);;. The first-order valence-electron chi connectivity index (χ1n) is 0.783. The Kier molecular flexibility index (Phi) is 28.2. The molecule has 0 heterocycles. The van der Waals surface area contributed by atoms with Gasteiger partial charge in [0.25, 0.3) is 0 Å². The molecule has 0 atom stereocenters. The summed E-state index contributed by atoms with van der Waals surface area (Å²) in [7, 11) is -4.64. The Bertz CT molecular complexity index is 62.2. The molecule has 8 heavy (non-hydrogen) atoms. The first kappa shape index (κ1) is 22.5. The molecule has 0 aromatic heterocycles. The second kappa shape index (κ2) is 10.1. The van der Waals surface area contributed by atoms with Crippen LogP contribution in [0.3, 0.4) is 0 Å². The van der Waals surface area contributed by atoms with Gasteiger partial charge >= 0.3 is 59.2 Å². The molecular weight excluding hydrogens is 295 g/mol. The van der Waals surface area contributed by atoms with Crippen LogP contribution in [0.25, 0.3) is 0 Å². The Hall–Kier alpha value is 3.06. The molecule has 0 fully saturated rings. The summed E-state index contributed by atoms with van der Waals surface area (Å²) in [4.78, 5) is 21.6. The van der Waals surface area contributed by atoms with Gasteiger partial charge in [0.2, 0.25) is 0 Å². The molecule has 0 saturated heterocycles. The van der Waals surface area contributed by atoms with E-state index in [9.17, 15) is 0 Å². The minimum Gasteiger partial charge on any atom is 0 e. The normalized spacial score (nSPS) is 7.38. The van der Waals surface area contributed by atoms with Gasteiger partial charge in [0, 0.05) is 40.5 Å². The van der Waals surface area contributed by atoms with E-state index in [1.54, 1.807) is 0 Å². The largest absolute Gasteiger partial charge is 0 e. The molecule has 3 N–H and O–H groups in total. The SMILES string of the molecule is O=P(O)(O)O.[KH].[Mo].[Zn]. The zero-order valence-electron chi connectivity index (χ0n) is 3.31. The second-order valence-corrected chi connectivity index (χ2v) is 1.54. The average molecular weight is 299 g/mol. The Morgan fingerprint density at radius 2 is 1.12 bits per heavy atom. The Labute approximate surface area is 117 Å². The van der Waals surface area contributed by atoms with Crippen LogP contribution in [0.1, 0.15) is 0 Å². The predicted molar refractivity (Wildman–Crippen MR) is 21.4 cm³/mol. The van der Waals surface area contributed by atoms with Crippen LogP contribution in [0.5, 0.6) is 0 Å². The van der Waals surface area contributed by atoms with Gasteiger partial charge in [-0.1, -0.05) is 0 Å².